The third-order valence-corrected chi connectivity index (χ3v) is 3.43. The number of rotatable bonds is 9. The highest BCUT2D eigenvalue weighted by Crippen LogP contribution is 2.45. The van der Waals surface area contributed by atoms with E-state index in [0.29, 0.717) is 0 Å². The van der Waals surface area contributed by atoms with Crippen LogP contribution in [0.3, 0.4) is 0 Å². The van der Waals surface area contributed by atoms with Gasteiger partial charge in [0.1, 0.15) is 19.2 Å². The summed E-state index contributed by atoms with van der Waals surface area (Å²) >= 11 is 0. The van der Waals surface area contributed by atoms with Gasteiger partial charge in [0, 0.05) is 7.05 Å². The zero-order chi connectivity index (χ0) is 18.4. The molecule has 0 aliphatic heterocycles. The molecule has 0 aromatic heterocycles. The fourth-order valence-electron chi connectivity index (χ4n) is 1.59. The molecule has 0 radical (unpaired) electrons. The Morgan fingerprint density at radius 3 is 2.30 bits per heavy atom. The number of nitrogens with zero attached hydrogens (tertiary/aromatic N) is 2. The molecule has 5 N–H and O–H groups in total. The number of hydrogen-bond donors (Lipinski definition) is 4. The van der Waals surface area contributed by atoms with Crippen LogP contribution < -0.4 is 5.73 Å². The normalized spacial score (nSPS) is 15.3. The Bertz CT molecular complexity index is 505. The van der Waals surface area contributed by atoms with Crippen LogP contribution in [0.2, 0.25) is 0 Å². The minimum absolute atomic E-state index is 0.113. The smallest absolute Gasteiger partial charge is 0.481 e. The standard InChI is InChI=1S/C11H23N4O7P/c1-14(11(12)13)6-10(18)22-23(19,20)21-8(5-9(16)17)7-15(2,3)4/h8H,5-7H2,1-4H3,(H4-,12,13,16,17,19,20)/p+1/t8-/m1/s1. The Balaban J connectivity index is 4.82. The van der Waals surface area contributed by atoms with Crippen molar-refractivity contribution in [2.75, 3.05) is 41.3 Å². The number of hydrogen-bond acceptors (Lipinski definition) is 6. The molecule has 12 heteroatoms. The van der Waals surface area contributed by atoms with Crippen LogP contribution in [-0.2, 0) is 23.2 Å². The van der Waals surface area contributed by atoms with E-state index in [1.165, 1.54) is 7.05 Å². The molecule has 23 heavy (non-hydrogen) atoms. The molecule has 0 rings (SSSR count). The van der Waals surface area contributed by atoms with Crippen LogP contribution in [0.15, 0.2) is 0 Å². The molecule has 0 saturated heterocycles. The Hall–Kier alpha value is -1.68. The molecule has 1 unspecified atom stereocenters. The summed E-state index contributed by atoms with van der Waals surface area (Å²) in [5.74, 6) is -2.77. The molecule has 11 nitrogen and oxygen atoms in total. The van der Waals surface area contributed by atoms with E-state index >= 15 is 0 Å². The number of carboxylic acids is 1. The lowest BCUT2D eigenvalue weighted by Crippen LogP contribution is -2.43. The van der Waals surface area contributed by atoms with Gasteiger partial charge in [0.15, 0.2) is 5.96 Å². The van der Waals surface area contributed by atoms with Crippen molar-refractivity contribution < 1.29 is 37.7 Å². The maximum Gasteiger partial charge on any atom is 0.530 e. The second-order valence-corrected chi connectivity index (χ2v) is 7.30. The second-order valence-electron chi connectivity index (χ2n) is 5.97. The molecule has 0 saturated carbocycles. The summed E-state index contributed by atoms with van der Waals surface area (Å²) in [5.41, 5.74) is 5.12. The van der Waals surface area contributed by atoms with Crippen LogP contribution in [0.1, 0.15) is 6.42 Å². The number of phosphoric acid groups is 1. The molecule has 0 aromatic rings. The average molecular weight is 355 g/mol. The maximum absolute atomic E-state index is 11.8. The van der Waals surface area contributed by atoms with Crippen LogP contribution in [0.5, 0.6) is 0 Å². The number of carbonyl (C=O) groups is 2. The Kier molecular flexibility index (Phi) is 7.65. The van der Waals surface area contributed by atoms with Crippen molar-refractivity contribution in [3.8, 4) is 0 Å². The highest BCUT2D eigenvalue weighted by atomic mass is 31.2. The van der Waals surface area contributed by atoms with Gasteiger partial charge in [0.2, 0.25) is 0 Å². The first-order valence-corrected chi connectivity index (χ1v) is 8.02. The maximum atomic E-state index is 11.8. The molecule has 0 spiro atoms. The molecule has 0 fully saturated rings. The molecule has 0 aliphatic carbocycles. The van der Waals surface area contributed by atoms with Gasteiger partial charge in [0.05, 0.1) is 27.6 Å². The van der Waals surface area contributed by atoms with E-state index in [0.717, 1.165) is 4.90 Å². The van der Waals surface area contributed by atoms with E-state index in [4.69, 9.17) is 20.8 Å². The lowest BCUT2D eigenvalue weighted by molar-refractivity contribution is -0.873. The molecule has 0 aromatic carbocycles. The second kappa shape index (κ2) is 8.25. The Labute approximate surface area is 134 Å². The summed E-state index contributed by atoms with van der Waals surface area (Å²) in [5, 5.41) is 15.9. The van der Waals surface area contributed by atoms with Crippen molar-refractivity contribution in [3.05, 3.63) is 0 Å². The van der Waals surface area contributed by atoms with E-state index in [1.807, 2.05) is 0 Å². The summed E-state index contributed by atoms with van der Waals surface area (Å²) in [6.07, 6.45) is -1.65. The lowest BCUT2D eigenvalue weighted by atomic mass is 10.2. The zero-order valence-electron chi connectivity index (χ0n) is 13.6. The third-order valence-electron chi connectivity index (χ3n) is 2.43. The largest absolute Gasteiger partial charge is 0.530 e. The number of guanidine groups is 1. The summed E-state index contributed by atoms with van der Waals surface area (Å²) in [6, 6.07) is 0. The predicted molar refractivity (Wildman–Crippen MR) is 80.5 cm³/mol. The molecule has 0 bridgehead atoms. The van der Waals surface area contributed by atoms with E-state index < -0.39 is 44.8 Å². The average Bonchev–Trinajstić information content (AvgIpc) is 2.22. The number of quaternary nitrogens is 1. The number of carbonyl (C=O) groups excluding carboxylic acids is 1. The molecule has 2 atom stereocenters. The van der Waals surface area contributed by atoms with Gasteiger partial charge < -0.3 is 24.7 Å². The van der Waals surface area contributed by atoms with Crippen molar-refractivity contribution in [2.45, 2.75) is 12.5 Å². The Morgan fingerprint density at radius 2 is 1.91 bits per heavy atom. The van der Waals surface area contributed by atoms with Crippen LogP contribution >= 0.6 is 7.82 Å². The van der Waals surface area contributed by atoms with Crippen molar-refractivity contribution in [1.29, 1.82) is 5.41 Å². The molecular formula is C11H24N4O7P+. The van der Waals surface area contributed by atoms with Crippen LogP contribution in [0, 0.1) is 5.41 Å². The van der Waals surface area contributed by atoms with Gasteiger partial charge in [-0.3, -0.25) is 19.6 Å². The fourth-order valence-corrected chi connectivity index (χ4v) is 2.46. The minimum Gasteiger partial charge on any atom is -0.481 e. The molecule has 0 aliphatic rings. The summed E-state index contributed by atoms with van der Waals surface area (Å²) in [7, 11) is 1.76. The number of carboxylic acid groups (broad SMARTS) is 1. The summed E-state index contributed by atoms with van der Waals surface area (Å²) < 4.78 is 21.3. The zero-order valence-corrected chi connectivity index (χ0v) is 14.4. The first kappa shape index (κ1) is 21.3. The molecular weight excluding hydrogens is 331 g/mol. The SMILES string of the molecule is CN(CC(=O)OP(=O)(O)O[C@H](CC(=O)O)C[N+](C)(C)C)C(=N)N. The Morgan fingerprint density at radius 1 is 1.39 bits per heavy atom. The van der Waals surface area contributed by atoms with E-state index in [-0.39, 0.29) is 11.0 Å². The van der Waals surface area contributed by atoms with Gasteiger partial charge in [-0.25, -0.2) is 9.36 Å². The lowest BCUT2D eigenvalue weighted by Gasteiger charge is -2.29. The van der Waals surface area contributed by atoms with Crippen molar-refractivity contribution in [3.63, 3.8) is 0 Å². The number of nitrogens with two attached hydrogens (primary N) is 1. The molecule has 134 valence electrons. The van der Waals surface area contributed by atoms with Crippen molar-refractivity contribution in [2.24, 2.45) is 5.73 Å². The topological polar surface area (TPSA) is 163 Å². The van der Waals surface area contributed by atoms with Crippen LogP contribution in [0.25, 0.3) is 0 Å². The van der Waals surface area contributed by atoms with Gasteiger partial charge in [-0.1, -0.05) is 0 Å². The van der Waals surface area contributed by atoms with Gasteiger partial charge in [0.25, 0.3) is 0 Å². The first-order valence-electron chi connectivity index (χ1n) is 6.53. The predicted octanol–water partition coefficient (Wildman–Crippen LogP) is -0.979. The van der Waals surface area contributed by atoms with Crippen LogP contribution in [0.4, 0.5) is 0 Å². The van der Waals surface area contributed by atoms with Gasteiger partial charge >= 0.3 is 19.8 Å². The number of phosphoric ester groups is 1. The van der Waals surface area contributed by atoms with Crippen molar-refractivity contribution >= 4 is 25.7 Å². The first-order chi connectivity index (χ1) is 10.2. The van der Waals surface area contributed by atoms with Gasteiger partial charge in [-0.2, -0.15) is 0 Å². The summed E-state index contributed by atoms with van der Waals surface area (Å²) in [6.45, 7) is -0.413. The van der Waals surface area contributed by atoms with E-state index in [9.17, 15) is 19.0 Å². The van der Waals surface area contributed by atoms with Gasteiger partial charge in [-0.15, -0.1) is 0 Å². The highest BCUT2D eigenvalue weighted by Gasteiger charge is 2.34. The van der Waals surface area contributed by atoms with Crippen LogP contribution in [-0.4, -0.2) is 84.7 Å². The summed E-state index contributed by atoms with van der Waals surface area (Å²) in [4.78, 5) is 32.9. The molecule has 0 heterocycles. The third kappa shape index (κ3) is 10.6. The fraction of sp³-hybridized carbons (Fsp3) is 0.727. The minimum atomic E-state index is -4.79. The quantitative estimate of drug-likeness (QED) is 0.176. The number of likely N-dealkylation sites (N-methyl/N-ethyl adjacent to an activating group) is 2. The van der Waals surface area contributed by atoms with E-state index in [1.54, 1.807) is 21.1 Å². The monoisotopic (exact) mass is 355 g/mol. The van der Waals surface area contributed by atoms with E-state index in [2.05, 4.69) is 4.52 Å². The molecule has 0 amide bonds. The van der Waals surface area contributed by atoms with Gasteiger partial charge in [-0.05, 0) is 0 Å². The number of nitrogens with one attached hydrogen (secondary N) is 1. The number of aliphatic carboxylic acids is 1. The highest BCUT2D eigenvalue weighted by molar-refractivity contribution is 7.48. The van der Waals surface area contributed by atoms with Crippen molar-refractivity contribution in [1.82, 2.24) is 4.90 Å².